The van der Waals surface area contributed by atoms with Crippen LogP contribution in [0.25, 0.3) is 0 Å². The third-order valence-electron chi connectivity index (χ3n) is 3.73. The Hall–Kier alpha value is -0.0200. The maximum absolute atomic E-state index is 6.67. The number of alkyl halides is 1. The van der Waals surface area contributed by atoms with Gasteiger partial charge in [0.15, 0.2) is 0 Å². The summed E-state index contributed by atoms with van der Waals surface area (Å²) >= 11 is 17.8. The van der Waals surface area contributed by atoms with Gasteiger partial charge in [0.2, 0.25) is 0 Å². The van der Waals surface area contributed by atoms with E-state index in [1.54, 1.807) is 11.3 Å². The second kappa shape index (κ2) is 5.77. The van der Waals surface area contributed by atoms with Crippen molar-refractivity contribution in [3.8, 4) is 0 Å². The molecule has 0 radical (unpaired) electrons. The number of halogens is 3. The molecule has 1 aromatic carbocycles. The molecule has 2 aromatic rings. The molecule has 0 nitrogen and oxygen atoms in total. The van der Waals surface area contributed by atoms with Crippen LogP contribution in [0.4, 0.5) is 0 Å². The minimum absolute atomic E-state index is 0.0576. The van der Waals surface area contributed by atoms with Crippen molar-refractivity contribution in [1.29, 1.82) is 0 Å². The summed E-state index contributed by atoms with van der Waals surface area (Å²) in [6.45, 7) is 0. The molecule has 4 heteroatoms. The zero-order valence-corrected chi connectivity index (χ0v) is 14.1. The third kappa shape index (κ3) is 2.87. The lowest BCUT2D eigenvalue weighted by molar-refractivity contribution is 0.446. The Morgan fingerprint density at radius 1 is 1.26 bits per heavy atom. The largest absolute Gasteiger partial charge is 0.126 e. The molecule has 0 saturated carbocycles. The highest BCUT2D eigenvalue weighted by molar-refractivity contribution is 9.10. The summed E-state index contributed by atoms with van der Waals surface area (Å²) in [5.41, 5.74) is 2.93. The molecule has 0 N–H and O–H groups in total. The number of aryl methyl sites for hydroxylation is 1. The van der Waals surface area contributed by atoms with E-state index in [0.717, 1.165) is 28.1 Å². The molecule has 2 unspecified atom stereocenters. The molecule has 0 amide bonds. The molecule has 3 rings (SSSR count). The van der Waals surface area contributed by atoms with E-state index in [-0.39, 0.29) is 5.38 Å². The second-order valence-electron chi connectivity index (χ2n) is 4.94. The average molecular weight is 376 g/mol. The Morgan fingerprint density at radius 3 is 2.68 bits per heavy atom. The van der Waals surface area contributed by atoms with Crippen LogP contribution in [0.15, 0.2) is 34.8 Å². The Kier molecular flexibility index (Phi) is 4.23. The molecule has 2 atom stereocenters. The zero-order valence-electron chi connectivity index (χ0n) is 10.2. The van der Waals surface area contributed by atoms with Gasteiger partial charge in [-0.15, -0.1) is 22.9 Å². The van der Waals surface area contributed by atoms with Gasteiger partial charge in [-0.2, -0.15) is 0 Å². The SMILES string of the molecule is Clc1sc(C(Cl)C2CCc3ccccc3C2)cc1Br. The summed E-state index contributed by atoms with van der Waals surface area (Å²) in [6, 6.07) is 10.7. The number of fused-ring (bicyclic) bond motifs is 1. The van der Waals surface area contributed by atoms with Crippen molar-refractivity contribution in [3.63, 3.8) is 0 Å². The van der Waals surface area contributed by atoms with Crippen molar-refractivity contribution in [3.05, 3.63) is 55.1 Å². The van der Waals surface area contributed by atoms with Gasteiger partial charge in [-0.1, -0.05) is 35.9 Å². The van der Waals surface area contributed by atoms with Crippen LogP contribution < -0.4 is 0 Å². The van der Waals surface area contributed by atoms with Gasteiger partial charge in [0, 0.05) is 9.35 Å². The van der Waals surface area contributed by atoms with Gasteiger partial charge >= 0.3 is 0 Å². The minimum Gasteiger partial charge on any atom is -0.126 e. The predicted octanol–water partition coefficient (Wildman–Crippen LogP) is 6.25. The number of hydrogen-bond donors (Lipinski definition) is 0. The smallest absolute Gasteiger partial charge is 0.107 e. The first-order valence-electron chi connectivity index (χ1n) is 6.30. The molecule has 0 fully saturated rings. The summed E-state index contributed by atoms with van der Waals surface area (Å²) in [4.78, 5) is 1.17. The lowest BCUT2D eigenvalue weighted by atomic mass is 9.82. The monoisotopic (exact) mass is 374 g/mol. The summed E-state index contributed by atoms with van der Waals surface area (Å²) in [5.74, 6) is 0.498. The molecule has 0 spiro atoms. The van der Waals surface area contributed by atoms with E-state index in [2.05, 4.69) is 46.3 Å². The predicted molar refractivity (Wildman–Crippen MR) is 87.6 cm³/mol. The molecule has 19 heavy (non-hydrogen) atoms. The van der Waals surface area contributed by atoms with Gasteiger partial charge in [0.25, 0.3) is 0 Å². The lowest BCUT2D eigenvalue weighted by Crippen LogP contribution is -2.17. The van der Waals surface area contributed by atoms with Crippen LogP contribution in [0.1, 0.15) is 27.8 Å². The van der Waals surface area contributed by atoms with E-state index in [4.69, 9.17) is 23.2 Å². The van der Waals surface area contributed by atoms with Gasteiger partial charge < -0.3 is 0 Å². The maximum Gasteiger partial charge on any atom is 0.107 e. The van der Waals surface area contributed by atoms with Gasteiger partial charge in [0.05, 0.1) is 5.38 Å². The quantitative estimate of drug-likeness (QED) is 0.544. The molecule has 1 aliphatic carbocycles. The Morgan fingerprint density at radius 2 is 2.00 bits per heavy atom. The van der Waals surface area contributed by atoms with E-state index < -0.39 is 0 Å². The summed E-state index contributed by atoms with van der Waals surface area (Å²) in [7, 11) is 0. The molecule has 1 aromatic heterocycles. The second-order valence-corrected chi connectivity index (χ2v) is 7.95. The Labute approximate surface area is 135 Å². The van der Waals surface area contributed by atoms with E-state index in [1.807, 2.05) is 0 Å². The van der Waals surface area contributed by atoms with Crippen molar-refractivity contribution in [2.24, 2.45) is 5.92 Å². The standard InChI is InChI=1S/C15H13BrCl2S/c16-12-8-13(19-15(12)18)14(17)11-6-5-9-3-1-2-4-10(9)7-11/h1-4,8,11,14H,5-7H2. The number of benzene rings is 1. The molecular weight excluding hydrogens is 363 g/mol. The first-order chi connectivity index (χ1) is 9.15. The summed E-state index contributed by atoms with van der Waals surface area (Å²) in [5, 5.41) is 0.0576. The third-order valence-corrected chi connectivity index (χ3v) is 7.01. The van der Waals surface area contributed by atoms with Crippen LogP contribution in [0.5, 0.6) is 0 Å². The first-order valence-corrected chi connectivity index (χ1v) is 8.73. The van der Waals surface area contributed by atoms with Gasteiger partial charge in [-0.25, -0.2) is 0 Å². The van der Waals surface area contributed by atoms with Crippen molar-refractivity contribution in [2.75, 3.05) is 0 Å². The minimum atomic E-state index is 0.0576. The molecule has 0 bridgehead atoms. The van der Waals surface area contributed by atoms with Gasteiger partial charge in [0.1, 0.15) is 4.34 Å². The highest BCUT2D eigenvalue weighted by atomic mass is 79.9. The van der Waals surface area contributed by atoms with Crippen LogP contribution in [-0.2, 0) is 12.8 Å². The topological polar surface area (TPSA) is 0 Å². The molecule has 100 valence electrons. The average Bonchev–Trinajstić information content (AvgIpc) is 2.77. The first kappa shape index (κ1) is 13.9. The normalized spacial score (nSPS) is 20.1. The fourth-order valence-corrected chi connectivity index (χ4v) is 4.93. The van der Waals surface area contributed by atoms with Crippen LogP contribution in [0, 0.1) is 5.92 Å². The number of hydrogen-bond acceptors (Lipinski definition) is 1. The van der Waals surface area contributed by atoms with E-state index in [1.165, 1.54) is 16.0 Å². The fourth-order valence-electron chi connectivity index (χ4n) is 2.71. The number of thiophene rings is 1. The van der Waals surface area contributed by atoms with Crippen LogP contribution in [-0.4, -0.2) is 0 Å². The molecule has 0 saturated heterocycles. The molecular formula is C15H13BrCl2S. The van der Waals surface area contributed by atoms with Crippen molar-refractivity contribution in [1.82, 2.24) is 0 Å². The molecule has 1 aliphatic rings. The van der Waals surface area contributed by atoms with Crippen molar-refractivity contribution in [2.45, 2.75) is 24.6 Å². The fraction of sp³-hybridized carbons (Fsp3) is 0.333. The van der Waals surface area contributed by atoms with Gasteiger partial charge in [-0.3, -0.25) is 0 Å². The van der Waals surface area contributed by atoms with Gasteiger partial charge in [-0.05, 0) is 58.3 Å². The van der Waals surface area contributed by atoms with Crippen LogP contribution in [0.3, 0.4) is 0 Å². The van der Waals surface area contributed by atoms with Crippen molar-refractivity contribution >= 4 is 50.5 Å². The summed E-state index contributed by atoms with van der Waals surface area (Å²) in [6.07, 6.45) is 3.35. The molecule has 0 aliphatic heterocycles. The van der Waals surface area contributed by atoms with Crippen molar-refractivity contribution < 1.29 is 0 Å². The highest BCUT2D eigenvalue weighted by Crippen LogP contribution is 2.44. The number of rotatable bonds is 2. The van der Waals surface area contributed by atoms with E-state index in [0.29, 0.717) is 5.92 Å². The Bertz CT molecular complexity index is 574. The van der Waals surface area contributed by atoms with Crippen LogP contribution >= 0.6 is 50.5 Å². The van der Waals surface area contributed by atoms with Crippen LogP contribution in [0.2, 0.25) is 4.34 Å². The van der Waals surface area contributed by atoms with E-state index in [9.17, 15) is 0 Å². The molecule has 1 heterocycles. The Balaban J connectivity index is 1.81. The zero-order chi connectivity index (χ0) is 13.4. The van der Waals surface area contributed by atoms with E-state index >= 15 is 0 Å². The lowest BCUT2D eigenvalue weighted by Gasteiger charge is -2.27. The highest BCUT2D eigenvalue weighted by Gasteiger charge is 2.27. The summed E-state index contributed by atoms with van der Waals surface area (Å²) < 4.78 is 1.74. The maximum atomic E-state index is 6.67.